The third kappa shape index (κ3) is 4.05. The Morgan fingerprint density at radius 1 is 1.18 bits per heavy atom. The zero-order valence-corrected chi connectivity index (χ0v) is 15.9. The van der Waals surface area contributed by atoms with Crippen molar-refractivity contribution >= 4 is 34.7 Å². The molecule has 1 aromatic carbocycles. The second kappa shape index (κ2) is 7.82. The van der Waals surface area contributed by atoms with Gasteiger partial charge in [-0.3, -0.25) is 9.78 Å². The molecule has 5 nitrogen and oxygen atoms in total. The molecule has 2 N–H and O–H groups in total. The molecule has 140 valence electrons. The summed E-state index contributed by atoms with van der Waals surface area (Å²) in [5, 5.41) is 6.87. The molecule has 0 radical (unpaired) electrons. The first-order chi connectivity index (χ1) is 13.6. The van der Waals surface area contributed by atoms with Crippen LogP contribution >= 0.6 is 11.6 Å². The molecule has 1 aliphatic carbocycles. The first-order valence-electron chi connectivity index (χ1n) is 9.05. The van der Waals surface area contributed by atoms with Crippen molar-refractivity contribution in [3.05, 3.63) is 78.1 Å². The first-order valence-corrected chi connectivity index (χ1v) is 9.43. The highest BCUT2D eigenvalue weighted by Gasteiger charge is 2.26. The lowest BCUT2D eigenvalue weighted by atomic mass is 10.1. The van der Waals surface area contributed by atoms with Gasteiger partial charge in [-0.05, 0) is 66.8 Å². The molecule has 0 spiro atoms. The number of hydrogen-bond acceptors (Lipinski definition) is 4. The minimum atomic E-state index is -0.263. The van der Waals surface area contributed by atoms with Crippen LogP contribution in [0.1, 0.15) is 24.3 Å². The number of halogens is 1. The van der Waals surface area contributed by atoms with Gasteiger partial charge in [0.05, 0.1) is 10.7 Å². The van der Waals surface area contributed by atoms with E-state index < -0.39 is 0 Å². The Balaban J connectivity index is 1.70. The van der Waals surface area contributed by atoms with Crippen LogP contribution in [0.25, 0.3) is 11.3 Å². The van der Waals surface area contributed by atoms with E-state index in [-0.39, 0.29) is 5.91 Å². The molecule has 0 unspecified atom stereocenters. The molecule has 2 heterocycles. The Morgan fingerprint density at radius 2 is 2.04 bits per heavy atom. The summed E-state index contributed by atoms with van der Waals surface area (Å²) in [5.41, 5.74) is 4.28. The molecule has 2 aromatic heterocycles. The van der Waals surface area contributed by atoms with E-state index in [1.54, 1.807) is 12.4 Å². The lowest BCUT2D eigenvalue weighted by molar-refractivity contribution is -0.111. The topological polar surface area (TPSA) is 66.9 Å². The highest BCUT2D eigenvalue weighted by Crippen LogP contribution is 2.44. The van der Waals surface area contributed by atoms with E-state index in [1.165, 1.54) is 18.9 Å². The van der Waals surface area contributed by atoms with Crippen molar-refractivity contribution in [1.29, 1.82) is 0 Å². The number of rotatable bonds is 6. The second-order valence-electron chi connectivity index (χ2n) is 6.66. The Hall–Kier alpha value is -3.18. The molecule has 4 rings (SSSR count). The lowest BCUT2D eigenvalue weighted by Gasteiger charge is -2.14. The van der Waals surface area contributed by atoms with Crippen LogP contribution in [0.3, 0.4) is 0 Å². The summed E-state index contributed by atoms with van der Waals surface area (Å²) in [6, 6.07) is 13.3. The molecule has 1 amide bonds. The molecule has 0 bridgehead atoms. The van der Waals surface area contributed by atoms with Crippen LogP contribution < -0.4 is 10.6 Å². The SMILES string of the molecule is C=CC(=O)Nc1ccc(Nc2cc(C3CC3)c(Cl)cn2)c(-c2ccccn2)c1. The summed E-state index contributed by atoms with van der Waals surface area (Å²) >= 11 is 6.30. The average Bonchev–Trinajstić information content (AvgIpc) is 3.56. The van der Waals surface area contributed by atoms with Gasteiger partial charge >= 0.3 is 0 Å². The summed E-state index contributed by atoms with van der Waals surface area (Å²) in [5.74, 6) is 0.996. The van der Waals surface area contributed by atoms with Gasteiger partial charge in [-0.15, -0.1) is 0 Å². The number of nitrogens with zero attached hydrogens (tertiary/aromatic N) is 2. The van der Waals surface area contributed by atoms with Gasteiger partial charge in [0.2, 0.25) is 5.91 Å². The van der Waals surface area contributed by atoms with E-state index in [4.69, 9.17) is 11.6 Å². The molecule has 28 heavy (non-hydrogen) atoms. The standard InChI is InChI=1S/C22H19ClN4O/c1-2-22(28)26-15-8-9-20(17(11-15)19-5-3-4-10-24-19)27-21-12-16(14-6-7-14)18(23)13-25-21/h2-5,8-14H,1,6-7H2,(H,25,27)(H,26,28). The fourth-order valence-electron chi connectivity index (χ4n) is 3.03. The van der Waals surface area contributed by atoms with Gasteiger partial charge in [0, 0.05) is 29.3 Å². The minimum Gasteiger partial charge on any atom is -0.340 e. The van der Waals surface area contributed by atoms with Crippen molar-refractivity contribution in [2.24, 2.45) is 0 Å². The molecule has 1 saturated carbocycles. The van der Waals surface area contributed by atoms with Crippen molar-refractivity contribution in [1.82, 2.24) is 9.97 Å². The third-order valence-electron chi connectivity index (χ3n) is 4.58. The number of amides is 1. The smallest absolute Gasteiger partial charge is 0.247 e. The summed E-state index contributed by atoms with van der Waals surface area (Å²) in [7, 11) is 0. The summed E-state index contributed by atoms with van der Waals surface area (Å²) in [6.07, 6.45) is 7.00. The van der Waals surface area contributed by atoms with Gasteiger partial charge in [-0.25, -0.2) is 4.98 Å². The van der Waals surface area contributed by atoms with Crippen LogP contribution in [0.15, 0.2) is 67.5 Å². The summed E-state index contributed by atoms with van der Waals surface area (Å²) in [4.78, 5) is 20.5. The lowest BCUT2D eigenvalue weighted by Crippen LogP contribution is -2.07. The molecule has 1 aliphatic rings. The molecule has 3 aromatic rings. The maximum absolute atomic E-state index is 11.7. The Labute approximate surface area is 168 Å². The third-order valence-corrected chi connectivity index (χ3v) is 4.89. The Bertz CT molecular complexity index is 1030. The first kappa shape index (κ1) is 18.2. The number of hydrogen-bond donors (Lipinski definition) is 2. The maximum Gasteiger partial charge on any atom is 0.247 e. The van der Waals surface area contributed by atoms with Crippen LogP contribution in [0.4, 0.5) is 17.2 Å². The van der Waals surface area contributed by atoms with Gasteiger partial charge in [0.25, 0.3) is 0 Å². The average molecular weight is 391 g/mol. The number of carbonyl (C=O) groups is 1. The number of benzene rings is 1. The molecule has 6 heteroatoms. The van der Waals surface area contributed by atoms with E-state index in [0.29, 0.717) is 16.6 Å². The number of aromatic nitrogens is 2. The highest BCUT2D eigenvalue weighted by molar-refractivity contribution is 6.31. The molecular weight excluding hydrogens is 372 g/mol. The van der Waals surface area contributed by atoms with Crippen molar-refractivity contribution < 1.29 is 4.79 Å². The van der Waals surface area contributed by atoms with Gasteiger partial charge in [-0.1, -0.05) is 24.2 Å². The van der Waals surface area contributed by atoms with E-state index >= 15 is 0 Å². The van der Waals surface area contributed by atoms with E-state index in [1.807, 2.05) is 42.5 Å². The molecule has 0 atom stereocenters. The van der Waals surface area contributed by atoms with Crippen molar-refractivity contribution in [3.63, 3.8) is 0 Å². The van der Waals surface area contributed by atoms with E-state index in [0.717, 1.165) is 28.3 Å². The van der Waals surface area contributed by atoms with Crippen LogP contribution in [-0.4, -0.2) is 15.9 Å². The van der Waals surface area contributed by atoms with Crippen molar-refractivity contribution in [2.75, 3.05) is 10.6 Å². The van der Waals surface area contributed by atoms with Gasteiger partial charge in [0.15, 0.2) is 0 Å². The summed E-state index contributed by atoms with van der Waals surface area (Å²) < 4.78 is 0. The Morgan fingerprint density at radius 3 is 2.75 bits per heavy atom. The van der Waals surface area contributed by atoms with Crippen LogP contribution in [-0.2, 0) is 4.79 Å². The zero-order chi connectivity index (χ0) is 19.5. The number of pyridine rings is 2. The predicted molar refractivity (Wildman–Crippen MR) is 113 cm³/mol. The normalized spacial score (nSPS) is 13.0. The van der Waals surface area contributed by atoms with Crippen molar-refractivity contribution in [3.8, 4) is 11.3 Å². The second-order valence-corrected chi connectivity index (χ2v) is 7.07. The van der Waals surface area contributed by atoms with Crippen LogP contribution in [0.2, 0.25) is 5.02 Å². The molecular formula is C22H19ClN4O. The van der Waals surface area contributed by atoms with Crippen LogP contribution in [0, 0.1) is 0 Å². The molecule has 0 aliphatic heterocycles. The Kier molecular flexibility index (Phi) is 5.08. The predicted octanol–water partition coefficient (Wildman–Crippen LogP) is 5.54. The maximum atomic E-state index is 11.7. The van der Waals surface area contributed by atoms with E-state index in [2.05, 4.69) is 27.2 Å². The highest BCUT2D eigenvalue weighted by atomic mass is 35.5. The molecule has 0 saturated heterocycles. The van der Waals surface area contributed by atoms with Gasteiger partial charge < -0.3 is 10.6 Å². The largest absolute Gasteiger partial charge is 0.340 e. The van der Waals surface area contributed by atoms with E-state index in [9.17, 15) is 4.79 Å². The number of nitrogens with one attached hydrogen (secondary N) is 2. The quantitative estimate of drug-likeness (QED) is 0.542. The number of anilines is 3. The van der Waals surface area contributed by atoms with Crippen LogP contribution in [0.5, 0.6) is 0 Å². The van der Waals surface area contributed by atoms with Gasteiger partial charge in [-0.2, -0.15) is 0 Å². The molecule has 1 fully saturated rings. The monoisotopic (exact) mass is 390 g/mol. The number of carbonyl (C=O) groups excluding carboxylic acids is 1. The fourth-order valence-corrected chi connectivity index (χ4v) is 3.28. The van der Waals surface area contributed by atoms with Crippen molar-refractivity contribution in [2.45, 2.75) is 18.8 Å². The minimum absolute atomic E-state index is 0.263. The summed E-state index contributed by atoms with van der Waals surface area (Å²) in [6.45, 7) is 3.49. The zero-order valence-electron chi connectivity index (χ0n) is 15.2. The van der Waals surface area contributed by atoms with Gasteiger partial charge in [0.1, 0.15) is 5.82 Å². The fraction of sp³-hybridized carbons (Fsp3) is 0.136.